The van der Waals surface area contributed by atoms with Crippen molar-refractivity contribution in [3.63, 3.8) is 0 Å². The lowest BCUT2D eigenvalue weighted by Crippen LogP contribution is -2.42. The minimum absolute atomic E-state index is 0.0457. The van der Waals surface area contributed by atoms with Crippen LogP contribution in [0.25, 0.3) is 0 Å². The van der Waals surface area contributed by atoms with Crippen LogP contribution in [0.5, 0.6) is 0 Å². The Labute approximate surface area is 107 Å². The van der Waals surface area contributed by atoms with Gasteiger partial charge >= 0.3 is 0 Å². The zero-order chi connectivity index (χ0) is 13.5. The second-order valence-corrected chi connectivity index (χ2v) is 4.59. The summed E-state index contributed by atoms with van der Waals surface area (Å²) in [4.78, 5) is 22.9. The summed E-state index contributed by atoms with van der Waals surface area (Å²) in [5.41, 5.74) is 0.971. The fourth-order valence-electron chi connectivity index (χ4n) is 1.88. The Morgan fingerprint density at radius 1 is 1.33 bits per heavy atom. The highest BCUT2D eigenvalue weighted by atomic mass is 16.6. The van der Waals surface area contributed by atoms with Crippen molar-refractivity contribution in [2.45, 2.75) is 26.4 Å². The average Bonchev–Trinajstić information content (AvgIpc) is 2.34. The van der Waals surface area contributed by atoms with Crippen molar-refractivity contribution < 1.29 is 9.72 Å². The molecule has 1 aromatic carbocycles. The second kappa shape index (κ2) is 6.74. The number of carbonyl (C=O) groups excluding carboxylic acids is 1. The first-order chi connectivity index (χ1) is 8.54. The van der Waals surface area contributed by atoms with Gasteiger partial charge in [0.25, 0.3) is 0 Å². The first-order valence-electron chi connectivity index (χ1n) is 5.91. The summed E-state index contributed by atoms with van der Waals surface area (Å²) < 4.78 is 0. The predicted octanol–water partition coefficient (Wildman–Crippen LogP) is 1.95. The van der Waals surface area contributed by atoms with Gasteiger partial charge in [-0.25, -0.2) is 0 Å². The van der Waals surface area contributed by atoms with E-state index < -0.39 is 0 Å². The number of nitro groups is 1. The van der Waals surface area contributed by atoms with Crippen molar-refractivity contribution in [2.75, 3.05) is 6.54 Å². The van der Waals surface area contributed by atoms with Crippen LogP contribution in [0.15, 0.2) is 30.3 Å². The Morgan fingerprint density at radius 3 is 2.39 bits per heavy atom. The minimum Gasteiger partial charge on any atom is -0.331 e. The van der Waals surface area contributed by atoms with Crippen LogP contribution >= 0.6 is 0 Å². The van der Waals surface area contributed by atoms with Crippen LogP contribution in [0.4, 0.5) is 0 Å². The van der Waals surface area contributed by atoms with Gasteiger partial charge < -0.3 is 4.90 Å². The van der Waals surface area contributed by atoms with Gasteiger partial charge in [0.05, 0.1) is 6.04 Å². The summed E-state index contributed by atoms with van der Waals surface area (Å²) in [5.74, 6) is 0.0457. The summed E-state index contributed by atoms with van der Waals surface area (Å²) in [5, 5.41) is 10.6. The fourth-order valence-corrected chi connectivity index (χ4v) is 1.88. The standard InChI is InChI=1S/C13H18N2O3/c1-11(2)13(9-15(17)18)14(10-16)8-12-6-4-3-5-7-12/h3-7,10-11,13H,8-9H2,1-2H3. The molecule has 0 saturated carbocycles. The Bertz CT molecular complexity index is 392. The van der Waals surface area contributed by atoms with E-state index in [0.717, 1.165) is 5.56 Å². The molecule has 0 saturated heterocycles. The van der Waals surface area contributed by atoms with E-state index in [-0.39, 0.29) is 23.4 Å². The maximum atomic E-state index is 11.1. The van der Waals surface area contributed by atoms with Crippen LogP contribution in [0, 0.1) is 16.0 Å². The fraction of sp³-hybridized carbons (Fsp3) is 0.462. The highest BCUT2D eigenvalue weighted by Gasteiger charge is 2.25. The monoisotopic (exact) mass is 250 g/mol. The van der Waals surface area contributed by atoms with E-state index in [1.54, 1.807) is 0 Å². The van der Waals surface area contributed by atoms with E-state index in [1.807, 2.05) is 44.2 Å². The molecule has 5 heteroatoms. The zero-order valence-corrected chi connectivity index (χ0v) is 10.7. The molecular weight excluding hydrogens is 232 g/mol. The van der Waals surface area contributed by atoms with Crippen molar-refractivity contribution >= 4 is 6.41 Å². The molecule has 0 heterocycles. The molecule has 0 aromatic heterocycles. The molecule has 0 N–H and O–H groups in total. The van der Waals surface area contributed by atoms with Gasteiger partial charge in [0.2, 0.25) is 13.0 Å². The van der Waals surface area contributed by atoms with Gasteiger partial charge in [-0.1, -0.05) is 44.2 Å². The maximum Gasteiger partial charge on any atom is 0.224 e. The number of amides is 1. The molecule has 1 unspecified atom stereocenters. The third kappa shape index (κ3) is 4.16. The number of rotatable bonds is 7. The van der Waals surface area contributed by atoms with Gasteiger partial charge in [-0.2, -0.15) is 0 Å². The highest BCUT2D eigenvalue weighted by Crippen LogP contribution is 2.13. The van der Waals surface area contributed by atoms with Crippen molar-refractivity contribution in [3.05, 3.63) is 46.0 Å². The smallest absolute Gasteiger partial charge is 0.224 e. The molecule has 1 aromatic rings. The van der Waals surface area contributed by atoms with Gasteiger partial charge in [-0.3, -0.25) is 14.9 Å². The number of benzene rings is 1. The molecule has 0 aliphatic carbocycles. The van der Waals surface area contributed by atoms with Crippen LogP contribution in [-0.2, 0) is 11.3 Å². The topological polar surface area (TPSA) is 63.5 Å². The summed E-state index contributed by atoms with van der Waals surface area (Å²) in [6.45, 7) is 3.95. The highest BCUT2D eigenvalue weighted by molar-refractivity contribution is 5.48. The van der Waals surface area contributed by atoms with E-state index in [0.29, 0.717) is 13.0 Å². The van der Waals surface area contributed by atoms with E-state index in [9.17, 15) is 14.9 Å². The normalized spacial score (nSPS) is 12.2. The molecular formula is C13H18N2O3. The molecule has 0 aliphatic heterocycles. The predicted molar refractivity (Wildman–Crippen MR) is 68.5 cm³/mol. The first kappa shape index (κ1) is 14.2. The Kier molecular flexibility index (Phi) is 5.30. The van der Waals surface area contributed by atoms with Crippen LogP contribution in [0.1, 0.15) is 19.4 Å². The maximum absolute atomic E-state index is 11.1. The van der Waals surface area contributed by atoms with Gasteiger partial charge in [-0.05, 0) is 11.5 Å². The molecule has 1 amide bonds. The average molecular weight is 250 g/mol. The SMILES string of the molecule is CC(C)C(C[N+](=O)[O-])N(C=O)Cc1ccccc1. The van der Waals surface area contributed by atoms with E-state index in [2.05, 4.69) is 0 Å². The van der Waals surface area contributed by atoms with Crippen molar-refractivity contribution in [2.24, 2.45) is 5.92 Å². The number of carbonyl (C=O) groups is 1. The van der Waals surface area contributed by atoms with E-state index in [1.165, 1.54) is 4.90 Å². The Balaban J connectivity index is 2.79. The molecule has 0 radical (unpaired) electrons. The summed E-state index contributed by atoms with van der Waals surface area (Å²) in [6, 6.07) is 9.09. The number of hydrogen-bond acceptors (Lipinski definition) is 3. The van der Waals surface area contributed by atoms with Gasteiger partial charge in [0.15, 0.2) is 0 Å². The number of hydrogen-bond donors (Lipinski definition) is 0. The quantitative estimate of drug-likeness (QED) is 0.422. The molecule has 5 nitrogen and oxygen atoms in total. The van der Waals surface area contributed by atoms with Gasteiger partial charge in [0.1, 0.15) is 0 Å². The van der Waals surface area contributed by atoms with Crippen molar-refractivity contribution in [1.29, 1.82) is 0 Å². The largest absolute Gasteiger partial charge is 0.331 e. The molecule has 0 bridgehead atoms. The van der Waals surface area contributed by atoms with Gasteiger partial charge in [-0.15, -0.1) is 0 Å². The molecule has 1 atom stereocenters. The van der Waals surface area contributed by atoms with Gasteiger partial charge in [0, 0.05) is 11.5 Å². The summed E-state index contributed by atoms with van der Waals surface area (Å²) >= 11 is 0. The molecule has 0 spiro atoms. The lowest BCUT2D eigenvalue weighted by Gasteiger charge is -2.28. The summed E-state index contributed by atoms with van der Waals surface area (Å²) in [7, 11) is 0. The first-order valence-corrected chi connectivity index (χ1v) is 5.91. The third-order valence-electron chi connectivity index (χ3n) is 2.88. The van der Waals surface area contributed by atoms with Crippen LogP contribution in [-0.4, -0.2) is 28.8 Å². The molecule has 0 aliphatic rings. The van der Waals surface area contributed by atoms with E-state index in [4.69, 9.17) is 0 Å². The van der Waals surface area contributed by atoms with Crippen LogP contribution in [0.3, 0.4) is 0 Å². The van der Waals surface area contributed by atoms with Crippen LogP contribution in [0.2, 0.25) is 0 Å². The molecule has 0 fully saturated rings. The lowest BCUT2D eigenvalue weighted by molar-refractivity contribution is -0.487. The molecule has 98 valence electrons. The molecule has 1 rings (SSSR count). The van der Waals surface area contributed by atoms with Crippen molar-refractivity contribution in [1.82, 2.24) is 4.90 Å². The minimum atomic E-state index is -0.377. The van der Waals surface area contributed by atoms with Crippen molar-refractivity contribution in [3.8, 4) is 0 Å². The molecule has 18 heavy (non-hydrogen) atoms. The zero-order valence-electron chi connectivity index (χ0n) is 10.7. The lowest BCUT2D eigenvalue weighted by atomic mass is 10.0. The number of nitrogens with zero attached hydrogens (tertiary/aromatic N) is 2. The Hall–Kier alpha value is -1.91. The second-order valence-electron chi connectivity index (χ2n) is 4.59. The Morgan fingerprint density at radius 2 is 1.94 bits per heavy atom. The van der Waals surface area contributed by atoms with E-state index >= 15 is 0 Å². The summed E-state index contributed by atoms with van der Waals surface area (Å²) in [6.07, 6.45) is 0.696. The van der Waals surface area contributed by atoms with Crippen LogP contribution < -0.4 is 0 Å². The third-order valence-corrected chi connectivity index (χ3v) is 2.88.